The average molecular weight is 1080 g/mol. The maximum Gasteiger partial charge on any atom is 0.328 e. The first kappa shape index (κ1) is 67.5. The molecule has 0 radical (unpaired) electrons. The van der Waals surface area contributed by atoms with Gasteiger partial charge in [0.2, 0.25) is 11.8 Å². The summed E-state index contributed by atoms with van der Waals surface area (Å²) in [6.45, 7) is 4.85. The minimum absolute atomic E-state index is 0.0314. The van der Waals surface area contributed by atoms with Crippen LogP contribution in [0.25, 0.3) is 0 Å². The summed E-state index contributed by atoms with van der Waals surface area (Å²) in [7, 11) is -2.60. The third-order valence-electron chi connectivity index (χ3n) is 13.0. The van der Waals surface area contributed by atoms with Gasteiger partial charge < -0.3 is 44.7 Å². The molecule has 16 heteroatoms. The average Bonchev–Trinajstić information content (AvgIpc) is 3.41. The molecule has 430 valence electrons. The number of rotatable bonds is 49. The van der Waals surface area contributed by atoms with Crippen LogP contribution in [-0.4, -0.2) is 86.0 Å². The van der Waals surface area contributed by atoms with Crippen molar-refractivity contribution in [1.82, 2.24) is 15.6 Å². The predicted octanol–water partition coefficient (Wildman–Crippen LogP) is 13.4. The van der Waals surface area contributed by atoms with Crippen LogP contribution in [-0.2, 0) is 50.6 Å². The SMILES string of the molecule is CCCCCCCC/C=C\CCCCCCCC(=O)OCC(COP(=O)(O)CCCNC(=O)c1ccc(CNC(=O)Cc2cnc(OCCOC)cc2N)cc1)OC(=O)CCCCCCC/C=C\CCCCCCCC. The molecule has 1 aromatic heterocycles. The topological polar surface area (TPSA) is 215 Å². The normalized spacial score (nSPS) is 12.7. The van der Waals surface area contributed by atoms with Crippen molar-refractivity contribution in [3.8, 4) is 5.88 Å². The molecule has 0 aliphatic rings. The Kier molecular flexibility index (Phi) is 40.4. The third-order valence-corrected chi connectivity index (χ3v) is 14.4. The highest BCUT2D eigenvalue weighted by molar-refractivity contribution is 7.52. The molecule has 2 atom stereocenters. The Hall–Kier alpha value is -4.56. The van der Waals surface area contributed by atoms with Crippen LogP contribution in [0.5, 0.6) is 5.88 Å². The summed E-state index contributed by atoms with van der Waals surface area (Å²) in [5.74, 6) is -1.16. The first-order valence-corrected chi connectivity index (χ1v) is 30.8. The Bertz CT molecular complexity index is 1950. The second-order valence-electron chi connectivity index (χ2n) is 19.9. The van der Waals surface area contributed by atoms with Crippen LogP contribution in [0.1, 0.15) is 222 Å². The molecule has 0 saturated carbocycles. The fourth-order valence-corrected chi connectivity index (χ4v) is 9.38. The van der Waals surface area contributed by atoms with E-state index in [4.69, 9.17) is 29.2 Å². The molecule has 0 aliphatic carbocycles. The Morgan fingerprint density at radius 1 is 0.671 bits per heavy atom. The lowest BCUT2D eigenvalue weighted by atomic mass is 10.1. The van der Waals surface area contributed by atoms with Gasteiger partial charge in [0.15, 0.2) is 6.10 Å². The van der Waals surface area contributed by atoms with Crippen LogP contribution >= 0.6 is 7.60 Å². The van der Waals surface area contributed by atoms with Gasteiger partial charge >= 0.3 is 19.5 Å². The fraction of sp³-hybridized carbons (Fsp3) is 0.683. The van der Waals surface area contributed by atoms with E-state index < -0.39 is 32.2 Å². The Morgan fingerprint density at radius 3 is 1.74 bits per heavy atom. The zero-order valence-electron chi connectivity index (χ0n) is 47.0. The fourth-order valence-electron chi connectivity index (χ4n) is 8.29. The van der Waals surface area contributed by atoms with E-state index in [0.717, 1.165) is 82.6 Å². The molecule has 76 heavy (non-hydrogen) atoms. The van der Waals surface area contributed by atoms with Gasteiger partial charge in [-0.25, -0.2) is 4.98 Å². The highest BCUT2D eigenvalue weighted by atomic mass is 31.2. The number of allylic oxidation sites excluding steroid dienone is 4. The van der Waals surface area contributed by atoms with Crippen molar-refractivity contribution in [3.05, 3.63) is 77.5 Å². The number of carbonyl (C=O) groups is 4. The van der Waals surface area contributed by atoms with Crippen LogP contribution in [0.4, 0.5) is 5.69 Å². The van der Waals surface area contributed by atoms with Gasteiger partial charge in [0.25, 0.3) is 5.91 Å². The van der Waals surface area contributed by atoms with Crippen LogP contribution in [0.15, 0.2) is 60.8 Å². The van der Waals surface area contributed by atoms with Gasteiger partial charge in [0.1, 0.15) is 13.2 Å². The van der Waals surface area contributed by atoms with E-state index in [1.54, 1.807) is 37.4 Å². The van der Waals surface area contributed by atoms with E-state index in [-0.39, 0.29) is 63.4 Å². The van der Waals surface area contributed by atoms with Crippen LogP contribution in [0.3, 0.4) is 0 Å². The minimum atomic E-state index is -4.17. The molecule has 0 saturated heterocycles. The van der Waals surface area contributed by atoms with E-state index in [1.807, 2.05) is 0 Å². The number of hydrogen-bond acceptors (Lipinski definition) is 12. The summed E-state index contributed by atoms with van der Waals surface area (Å²) in [6.07, 6.45) is 39.8. The molecule has 0 aliphatic heterocycles. The lowest BCUT2D eigenvalue weighted by molar-refractivity contribution is -0.161. The van der Waals surface area contributed by atoms with Crippen molar-refractivity contribution in [2.24, 2.45) is 0 Å². The number of esters is 2. The molecule has 5 N–H and O–H groups in total. The molecule has 2 unspecified atom stereocenters. The number of nitrogens with zero attached hydrogens (tertiary/aromatic N) is 1. The van der Waals surface area contributed by atoms with E-state index in [2.05, 4.69) is 53.8 Å². The van der Waals surface area contributed by atoms with Gasteiger partial charge in [0.05, 0.1) is 25.8 Å². The van der Waals surface area contributed by atoms with Crippen LogP contribution in [0.2, 0.25) is 0 Å². The molecule has 2 rings (SSSR count). The summed E-state index contributed by atoms with van der Waals surface area (Å²) in [6, 6.07) is 8.28. The van der Waals surface area contributed by atoms with Crippen molar-refractivity contribution < 1.29 is 52.1 Å². The zero-order chi connectivity index (χ0) is 55.2. The smallest absolute Gasteiger partial charge is 0.328 e. The van der Waals surface area contributed by atoms with E-state index in [0.29, 0.717) is 48.7 Å². The van der Waals surface area contributed by atoms with Crippen LogP contribution < -0.4 is 21.1 Å². The number of carbonyl (C=O) groups excluding carboxylic acids is 4. The van der Waals surface area contributed by atoms with Crippen molar-refractivity contribution in [2.75, 3.05) is 52.0 Å². The molecule has 0 bridgehead atoms. The van der Waals surface area contributed by atoms with Gasteiger partial charge in [-0.1, -0.05) is 153 Å². The van der Waals surface area contributed by atoms with Gasteiger partial charge in [-0.05, 0) is 88.3 Å². The molecule has 15 nitrogen and oxygen atoms in total. The Morgan fingerprint density at radius 2 is 1.20 bits per heavy atom. The lowest BCUT2D eigenvalue weighted by Gasteiger charge is -2.20. The number of anilines is 1. The number of hydrogen-bond donors (Lipinski definition) is 4. The van der Waals surface area contributed by atoms with Crippen molar-refractivity contribution >= 4 is 37.0 Å². The van der Waals surface area contributed by atoms with Gasteiger partial charge in [0, 0.05) is 62.1 Å². The zero-order valence-corrected chi connectivity index (χ0v) is 47.9. The predicted molar refractivity (Wildman–Crippen MR) is 305 cm³/mol. The number of nitrogens with one attached hydrogen (secondary N) is 2. The number of amides is 2. The molecule has 2 amide bonds. The first-order valence-electron chi connectivity index (χ1n) is 29.1. The van der Waals surface area contributed by atoms with E-state index in [9.17, 15) is 28.6 Å². The number of unbranched alkanes of at least 4 members (excludes halogenated alkanes) is 22. The summed E-state index contributed by atoms with van der Waals surface area (Å²) < 4.78 is 40.1. The van der Waals surface area contributed by atoms with Crippen molar-refractivity contribution in [1.29, 1.82) is 0 Å². The highest BCUT2D eigenvalue weighted by Crippen LogP contribution is 2.42. The van der Waals surface area contributed by atoms with Gasteiger partial charge in [-0.2, -0.15) is 0 Å². The third kappa shape index (κ3) is 37.3. The summed E-state index contributed by atoms with van der Waals surface area (Å²) in [5.41, 5.74) is 8.21. The summed E-state index contributed by atoms with van der Waals surface area (Å²) in [5, 5.41) is 5.60. The molecule has 1 aromatic carbocycles. The van der Waals surface area contributed by atoms with Gasteiger partial charge in [-0.15, -0.1) is 0 Å². The molecule has 0 spiro atoms. The number of methoxy groups -OCH3 is 1. The second kappa shape index (κ2) is 45.5. The number of pyridine rings is 1. The molecule has 1 heterocycles. The van der Waals surface area contributed by atoms with Crippen molar-refractivity contribution in [2.45, 2.75) is 219 Å². The maximum absolute atomic E-state index is 13.1. The number of nitrogen functional groups attached to an aromatic ring is 1. The number of ether oxygens (including phenoxy) is 4. The molecular formula is C60H99N4O11P. The monoisotopic (exact) mass is 1080 g/mol. The summed E-state index contributed by atoms with van der Waals surface area (Å²) >= 11 is 0. The Balaban J connectivity index is 1.75. The van der Waals surface area contributed by atoms with Gasteiger partial charge in [-0.3, -0.25) is 23.7 Å². The molecule has 0 fully saturated rings. The van der Waals surface area contributed by atoms with E-state index >= 15 is 0 Å². The summed E-state index contributed by atoms with van der Waals surface area (Å²) in [4.78, 5) is 66.0. The Labute approximate surface area is 457 Å². The highest BCUT2D eigenvalue weighted by Gasteiger charge is 2.25. The standard InChI is InChI=1S/C60H99N4O11P/c1-4-6-8-10-12-14-16-18-20-22-24-26-28-30-32-35-58(66)73-49-54(75-59(67)36-33-31-29-27-25-23-21-19-17-15-13-11-9-7-5-2)50-74-76(69,70)44-34-41-62-60(68)52-39-37-51(38-40-52)47-63-56(65)45-53-48-64-57(46-55(53)61)72-43-42-71-3/h18-21,37-40,46,48,54H,4-17,22-36,41-45,47,49-50H2,1-3H3,(H2,61,64)(H,62,68)(H,63,65)(H,69,70)/b20-18-,21-19-. The van der Waals surface area contributed by atoms with E-state index in [1.165, 1.54) is 83.2 Å². The minimum Gasteiger partial charge on any atom is -0.475 e. The molecular weight excluding hydrogens is 984 g/mol. The second-order valence-corrected chi connectivity index (χ2v) is 21.9. The van der Waals surface area contributed by atoms with Crippen LogP contribution in [0, 0.1) is 0 Å². The lowest BCUT2D eigenvalue weighted by Crippen LogP contribution is -2.29. The number of benzene rings is 1. The number of nitrogens with two attached hydrogens (primary N) is 1. The quantitative estimate of drug-likeness (QED) is 0.0210. The van der Waals surface area contributed by atoms with Crippen molar-refractivity contribution in [3.63, 3.8) is 0 Å². The largest absolute Gasteiger partial charge is 0.475 e. The maximum atomic E-state index is 13.1. The number of aromatic nitrogens is 1. The first-order chi connectivity index (χ1) is 37.0. The molecule has 2 aromatic rings.